The van der Waals surface area contributed by atoms with Crippen molar-refractivity contribution in [2.75, 3.05) is 12.9 Å². The first-order valence-corrected chi connectivity index (χ1v) is 5.55. The molecule has 3 N–H and O–H groups in total. The first-order chi connectivity index (χ1) is 6.31. The zero-order valence-electron chi connectivity index (χ0n) is 7.60. The van der Waals surface area contributed by atoms with Crippen LogP contribution in [0.5, 0.6) is 0 Å². The summed E-state index contributed by atoms with van der Waals surface area (Å²) in [4.78, 5) is 35.9. The lowest BCUT2D eigenvalue weighted by molar-refractivity contribution is -0.139. The normalized spacial score (nSPS) is 14.4. The summed E-state index contributed by atoms with van der Waals surface area (Å²) in [5, 5.41) is 2.57. The average Bonchev–Trinajstić information content (AvgIpc) is 1.97. The number of ether oxygens (including phenoxy) is 1. The SMILES string of the molecule is CC(=O)OCP(=O)(O)O.O=C1CCN1. The maximum atomic E-state index is 9.95. The summed E-state index contributed by atoms with van der Waals surface area (Å²) in [7, 11) is -4.16. The van der Waals surface area contributed by atoms with Gasteiger partial charge in [-0.3, -0.25) is 14.2 Å². The summed E-state index contributed by atoms with van der Waals surface area (Å²) in [6.07, 6.45) is -0.0949. The van der Waals surface area contributed by atoms with E-state index in [1.165, 1.54) is 0 Å². The second-order valence-corrected chi connectivity index (χ2v) is 4.12. The predicted octanol–water partition coefficient (Wildman–Crippen LogP) is -0.809. The molecule has 1 aliphatic heterocycles. The molecule has 0 saturated carbocycles. The Hall–Kier alpha value is -0.910. The van der Waals surface area contributed by atoms with E-state index < -0.39 is 19.9 Å². The fourth-order valence-electron chi connectivity index (χ4n) is 0.402. The molecular weight excluding hydrogens is 213 g/mol. The molecule has 14 heavy (non-hydrogen) atoms. The second-order valence-electron chi connectivity index (χ2n) is 2.53. The minimum absolute atomic E-state index is 0.185. The van der Waals surface area contributed by atoms with E-state index in [1.54, 1.807) is 0 Å². The standard InChI is InChI=1S/C3H5NO.C3H7O5P/c5-3-1-2-4-3;1-3(4)8-2-9(5,6)7/h1-2H2,(H,4,5);2H2,1H3,(H2,5,6,7). The third kappa shape index (κ3) is 9.18. The number of carbonyl (C=O) groups excluding carboxylic acids is 2. The van der Waals surface area contributed by atoms with Gasteiger partial charge in [0.25, 0.3) is 0 Å². The fourth-order valence-corrected chi connectivity index (χ4v) is 0.752. The molecule has 0 spiro atoms. The molecule has 0 aromatic carbocycles. The van der Waals surface area contributed by atoms with Crippen molar-refractivity contribution in [2.24, 2.45) is 0 Å². The van der Waals surface area contributed by atoms with Crippen molar-refractivity contribution in [1.82, 2.24) is 5.32 Å². The number of hydrogen-bond acceptors (Lipinski definition) is 4. The first kappa shape index (κ1) is 13.1. The van der Waals surface area contributed by atoms with E-state index in [0.717, 1.165) is 19.9 Å². The largest absolute Gasteiger partial charge is 0.453 e. The Bertz CT molecular complexity index is 253. The highest BCUT2D eigenvalue weighted by Gasteiger charge is 2.13. The Morgan fingerprint density at radius 1 is 1.64 bits per heavy atom. The number of β-lactam (4-membered cyclic amide) rings is 1. The van der Waals surface area contributed by atoms with Crippen molar-refractivity contribution in [3.8, 4) is 0 Å². The molecule has 0 aliphatic carbocycles. The maximum absolute atomic E-state index is 9.95. The third-order valence-corrected chi connectivity index (χ3v) is 1.58. The summed E-state index contributed by atoms with van der Waals surface area (Å²) in [5.74, 6) is -0.511. The minimum atomic E-state index is -4.16. The Balaban J connectivity index is 0.000000280. The molecule has 0 bridgehead atoms. The van der Waals surface area contributed by atoms with Gasteiger partial charge in [-0.1, -0.05) is 0 Å². The van der Waals surface area contributed by atoms with Gasteiger partial charge in [0, 0.05) is 19.9 Å². The highest BCUT2D eigenvalue weighted by molar-refractivity contribution is 7.51. The van der Waals surface area contributed by atoms with Crippen LogP contribution in [-0.2, 0) is 18.9 Å². The summed E-state index contributed by atoms with van der Waals surface area (Å²) in [5.41, 5.74) is 0. The zero-order chi connectivity index (χ0) is 11.2. The highest BCUT2D eigenvalue weighted by atomic mass is 31.2. The molecule has 1 fully saturated rings. The maximum Gasteiger partial charge on any atom is 0.362 e. The topological polar surface area (TPSA) is 113 Å². The second kappa shape index (κ2) is 5.74. The van der Waals surface area contributed by atoms with Crippen molar-refractivity contribution in [2.45, 2.75) is 13.3 Å². The Morgan fingerprint density at radius 2 is 2.07 bits per heavy atom. The third-order valence-electron chi connectivity index (χ3n) is 1.11. The van der Waals surface area contributed by atoms with Crippen LogP contribution < -0.4 is 5.32 Å². The molecule has 1 rings (SSSR count). The van der Waals surface area contributed by atoms with Crippen LogP contribution in [0, 0.1) is 0 Å². The van der Waals surface area contributed by atoms with E-state index in [-0.39, 0.29) is 5.91 Å². The number of rotatable bonds is 2. The van der Waals surface area contributed by atoms with Crippen LogP contribution in [0.2, 0.25) is 0 Å². The van der Waals surface area contributed by atoms with E-state index in [0.29, 0.717) is 0 Å². The van der Waals surface area contributed by atoms with Gasteiger partial charge in [0.1, 0.15) is 0 Å². The van der Waals surface area contributed by atoms with E-state index in [2.05, 4.69) is 10.1 Å². The summed E-state index contributed by atoms with van der Waals surface area (Å²) in [6.45, 7) is 1.97. The molecule has 0 aromatic rings. The predicted molar refractivity (Wildman–Crippen MR) is 46.3 cm³/mol. The fraction of sp³-hybridized carbons (Fsp3) is 0.667. The van der Waals surface area contributed by atoms with E-state index in [9.17, 15) is 14.2 Å². The molecule has 1 saturated heterocycles. The number of carbonyl (C=O) groups is 2. The quantitative estimate of drug-likeness (QED) is 0.322. The molecule has 82 valence electrons. The zero-order valence-corrected chi connectivity index (χ0v) is 8.49. The molecule has 7 nitrogen and oxygen atoms in total. The van der Waals surface area contributed by atoms with Crippen LogP contribution in [0.15, 0.2) is 0 Å². The lowest BCUT2D eigenvalue weighted by Crippen LogP contribution is -2.37. The van der Waals surface area contributed by atoms with Crippen LogP contribution in [0.1, 0.15) is 13.3 Å². The van der Waals surface area contributed by atoms with Crippen LogP contribution in [0.4, 0.5) is 0 Å². The summed E-state index contributed by atoms with van der Waals surface area (Å²) in [6, 6.07) is 0. The van der Waals surface area contributed by atoms with Gasteiger partial charge in [-0.05, 0) is 0 Å². The molecule has 1 amide bonds. The van der Waals surface area contributed by atoms with Gasteiger partial charge in [-0.15, -0.1) is 0 Å². The number of nitrogens with one attached hydrogen (secondary N) is 1. The van der Waals surface area contributed by atoms with Gasteiger partial charge in [0.2, 0.25) is 5.91 Å². The monoisotopic (exact) mass is 225 g/mol. The molecule has 8 heteroatoms. The molecule has 0 radical (unpaired) electrons. The van der Waals surface area contributed by atoms with Crippen molar-refractivity contribution in [3.63, 3.8) is 0 Å². The molecule has 0 atom stereocenters. The van der Waals surface area contributed by atoms with Gasteiger partial charge in [0.15, 0.2) is 6.35 Å². The van der Waals surface area contributed by atoms with Crippen molar-refractivity contribution in [3.05, 3.63) is 0 Å². The van der Waals surface area contributed by atoms with Gasteiger partial charge < -0.3 is 19.8 Å². The molecule has 0 aromatic heterocycles. The number of esters is 1. The van der Waals surface area contributed by atoms with E-state index in [1.807, 2.05) is 0 Å². The van der Waals surface area contributed by atoms with Crippen molar-refractivity contribution in [1.29, 1.82) is 0 Å². The smallest absolute Gasteiger partial charge is 0.362 e. The minimum Gasteiger partial charge on any atom is -0.453 e. The van der Waals surface area contributed by atoms with E-state index >= 15 is 0 Å². The lowest BCUT2D eigenvalue weighted by atomic mass is 10.3. The molecule has 1 heterocycles. The number of hydrogen-bond donors (Lipinski definition) is 3. The summed E-state index contributed by atoms with van der Waals surface area (Å²) >= 11 is 0. The van der Waals surface area contributed by atoms with Gasteiger partial charge in [-0.25, -0.2) is 0 Å². The van der Waals surface area contributed by atoms with Crippen LogP contribution in [0.25, 0.3) is 0 Å². The van der Waals surface area contributed by atoms with Crippen LogP contribution >= 0.6 is 7.60 Å². The number of amides is 1. The first-order valence-electron chi connectivity index (χ1n) is 3.76. The van der Waals surface area contributed by atoms with Gasteiger partial charge >= 0.3 is 13.6 Å². The Morgan fingerprint density at radius 3 is 2.14 bits per heavy atom. The lowest BCUT2D eigenvalue weighted by Gasteiger charge is -2.10. The van der Waals surface area contributed by atoms with Gasteiger partial charge in [-0.2, -0.15) is 0 Å². The molecular formula is C6H12NO6P. The van der Waals surface area contributed by atoms with E-state index in [4.69, 9.17) is 9.79 Å². The van der Waals surface area contributed by atoms with Crippen molar-refractivity contribution >= 4 is 19.5 Å². The Labute approximate surface area is 80.6 Å². The molecule has 0 unspecified atom stereocenters. The highest BCUT2D eigenvalue weighted by Crippen LogP contribution is 2.33. The summed E-state index contributed by atoms with van der Waals surface area (Å²) < 4.78 is 14.0. The average molecular weight is 225 g/mol. The Kier molecular flexibility index (Phi) is 5.37. The molecule has 1 aliphatic rings. The van der Waals surface area contributed by atoms with Crippen LogP contribution in [-0.4, -0.2) is 34.6 Å². The van der Waals surface area contributed by atoms with Gasteiger partial charge in [0.05, 0.1) is 0 Å². The van der Waals surface area contributed by atoms with Crippen LogP contribution in [0.3, 0.4) is 0 Å². The van der Waals surface area contributed by atoms with Crippen molar-refractivity contribution < 1.29 is 28.7 Å².